The lowest BCUT2D eigenvalue weighted by Crippen LogP contribution is -2.43. The average molecular weight is 239 g/mol. The molecule has 3 heteroatoms. The van der Waals surface area contributed by atoms with Crippen LogP contribution in [0.1, 0.15) is 18.4 Å². The van der Waals surface area contributed by atoms with Crippen LogP contribution in [0.5, 0.6) is 0 Å². The molecule has 1 heterocycles. The van der Waals surface area contributed by atoms with Crippen LogP contribution in [0, 0.1) is 0 Å². The van der Waals surface area contributed by atoms with Crippen molar-refractivity contribution in [2.24, 2.45) is 0 Å². The quantitative estimate of drug-likeness (QED) is 0.871. The van der Waals surface area contributed by atoms with Crippen molar-refractivity contribution >= 4 is 11.6 Å². The molecule has 0 bridgehead atoms. The fourth-order valence-electron chi connectivity index (χ4n) is 2.23. The number of rotatable bonds is 3. The first-order chi connectivity index (χ1) is 7.75. The number of likely N-dealkylation sites (N-methyl/N-ethyl adjacent to an activating group) is 1. The number of benzene rings is 1. The first kappa shape index (κ1) is 11.9. The number of piperidine rings is 1. The monoisotopic (exact) mass is 238 g/mol. The number of hydrogen-bond acceptors (Lipinski definition) is 2. The molecule has 2 nitrogen and oxygen atoms in total. The number of nitrogens with one attached hydrogen (secondary N) is 1. The summed E-state index contributed by atoms with van der Waals surface area (Å²) in [6.45, 7) is 3.24. The maximum absolute atomic E-state index is 6.12. The highest BCUT2D eigenvalue weighted by atomic mass is 35.5. The molecule has 1 N–H and O–H groups in total. The van der Waals surface area contributed by atoms with Gasteiger partial charge >= 0.3 is 0 Å². The van der Waals surface area contributed by atoms with E-state index in [1.807, 2.05) is 18.2 Å². The summed E-state index contributed by atoms with van der Waals surface area (Å²) in [5, 5.41) is 4.44. The third-order valence-electron chi connectivity index (χ3n) is 3.16. The summed E-state index contributed by atoms with van der Waals surface area (Å²) < 4.78 is 0. The zero-order chi connectivity index (χ0) is 11.4. The van der Waals surface area contributed by atoms with E-state index >= 15 is 0 Å². The summed E-state index contributed by atoms with van der Waals surface area (Å²) in [7, 11) is 2.18. The highest BCUT2D eigenvalue weighted by molar-refractivity contribution is 6.31. The van der Waals surface area contributed by atoms with Gasteiger partial charge in [0.05, 0.1) is 0 Å². The van der Waals surface area contributed by atoms with Gasteiger partial charge in [-0.3, -0.25) is 0 Å². The van der Waals surface area contributed by atoms with E-state index in [2.05, 4.69) is 23.3 Å². The van der Waals surface area contributed by atoms with Crippen LogP contribution >= 0.6 is 11.6 Å². The number of nitrogens with zero attached hydrogens (tertiary/aromatic N) is 1. The van der Waals surface area contributed by atoms with E-state index in [1.165, 1.54) is 24.9 Å². The Kier molecular flexibility index (Phi) is 4.22. The van der Waals surface area contributed by atoms with Crippen LogP contribution in [0.2, 0.25) is 5.02 Å². The lowest BCUT2D eigenvalue weighted by atomic mass is 10.1. The molecule has 1 atom stereocenters. The molecule has 0 aliphatic carbocycles. The third-order valence-corrected chi connectivity index (χ3v) is 3.53. The molecule has 88 valence electrons. The van der Waals surface area contributed by atoms with Crippen LogP contribution in [0.3, 0.4) is 0 Å². The van der Waals surface area contributed by atoms with Gasteiger partial charge in [-0.2, -0.15) is 0 Å². The van der Waals surface area contributed by atoms with E-state index < -0.39 is 0 Å². The summed E-state index contributed by atoms with van der Waals surface area (Å²) >= 11 is 6.12. The van der Waals surface area contributed by atoms with Gasteiger partial charge in [-0.05, 0) is 38.1 Å². The minimum absolute atomic E-state index is 0.607. The van der Waals surface area contributed by atoms with Crippen molar-refractivity contribution < 1.29 is 0 Å². The minimum atomic E-state index is 0.607. The summed E-state index contributed by atoms with van der Waals surface area (Å²) in [6.07, 6.45) is 2.56. The highest BCUT2D eigenvalue weighted by Gasteiger charge is 2.16. The van der Waals surface area contributed by atoms with E-state index in [9.17, 15) is 0 Å². The van der Waals surface area contributed by atoms with Gasteiger partial charge in [0.15, 0.2) is 0 Å². The lowest BCUT2D eigenvalue weighted by molar-refractivity contribution is 0.226. The van der Waals surface area contributed by atoms with Gasteiger partial charge in [-0.1, -0.05) is 29.8 Å². The molecule has 0 radical (unpaired) electrons. The van der Waals surface area contributed by atoms with Gasteiger partial charge in [0.1, 0.15) is 0 Å². The van der Waals surface area contributed by atoms with Gasteiger partial charge in [-0.15, -0.1) is 0 Å². The maximum Gasteiger partial charge on any atom is 0.0450 e. The van der Waals surface area contributed by atoms with E-state index in [-0.39, 0.29) is 0 Å². The Hall–Kier alpha value is -0.570. The largest absolute Gasteiger partial charge is 0.309 e. The van der Waals surface area contributed by atoms with Crippen molar-refractivity contribution in [1.29, 1.82) is 0 Å². The molecule has 0 amide bonds. The molecule has 1 aromatic rings. The maximum atomic E-state index is 6.12. The third kappa shape index (κ3) is 3.21. The molecular weight excluding hydrogens is 220 g/mol. The lowest BCUT2D eigenvalue weighted by Gasteiger charge is -2.30. The van der Waals surface area contributed by atoms with Crippen LogP contribution in [0.15, 0.2) is 24.3 Å². The van der Waals surface area contributed by atoms with E-state index in [1.54, 1.807) is 0 Å². The first-order valence-corrected chi connectivity index (χ1v) is 6.29. The zero-order valence-electron chi connectivity index (χ0n) is 9.75. The molecule has 16 heavy (non-hydrogen) atoms. The minimum Gasteiger partial charge on any atom is -0.309 e. The molecular formula is C13H19ClN2. The highest BCUT2D eigenvalue weighted by Crippen LogP contribution is 2.15. The summed E-state index contributed by atoms with van der Waals surface area (Å²) in [5.41, 5.74) is 1.19. The van der Waals surface area contributed by atoms with Crippen LogP contribution in [0.4, 0.5) is 0 Å². The Morgan fingerprint density at radius 1 is 1.44 bits per heavy atom. The van der Waals surface area contributed by atoms with Crippen molar-refractivity contribution in [2.45, 2.75) is 25.4 Å². The van der Waals surface area contributed by atoms with Crippen molar-refractivity contribution in [2.75, 3.05) is 20.1 Å². The second kappa shape index (κ2) is 5.67. The molecule has 0 aromatic heterocycles. The molecule has 1 aliphatic rings. The van der Waals surface area contributed by atoms with Crippen LogP contribution in [-0.4, -0.2) is 31.1 Å². The number of likely N-dealkylation sites (tertiary alicyclic amines) is 1. The topological polar surface area (TPSA) is 15.3 Å². The van der Waals surface area contributed by atoms with E-state index in [0.29, 0.717) is 6.04 Å². The predicted octanol–water partition coefficient (Wildman–Crippen LogP) is 2.52. The number of halogens is 1. The Morgan fingerprint density at radius 3 is 3.00 bits per heavy atom. The molecule has 1 aromatic carbocycles. The summed E-state index contributed by atoms with van der Waals surface area (Å²) in [4.78, 5) is 2.38. The molecule has 1 fully saturated rings. The van der Waals surface area contributed by atoms with Gasteiger partial charge in [0.2, 0.25) is 0 Å². The van der Waals surface area contributed by atoms with Crippen molar-refractivity contribution in [1.82, 2.24) is 10.2 Å². The molecule has 1 unspecified atom stereocenters. The van der Waals surface area contributed by atoms with Crippen LogP contribution < -0.4 is 5.32 Å². The van der Waals surface area contributed by atoms with Crippen molar-refractivity contribution in [3.05, 3.63) is 34.9 Å². The average Bonchev–Trinajstić information content (AvgIpc) is 2.28. The van der Waals surface area contributed by atoms with E-state index in [0.717, 1.165) is 18.1 Å². The van der Waals surface area contributed by atoms with Gasteiger partial charge < -0.3 is 10.2 Å². The molecule has 1 saturated heterocycles. The van der Waals surface area contributed by atoms with Gasteiger partial charge in [-0.25, -0.2) is 0 Å². The Balaban J connectivity index is 1.85. The summed E-state index contributed by atoms with van der Waals surface area (Å²) in [5.74, 6) is 0. The Bertz CT molecular complexity index is 340. The van der Waals surface area contributed by atoms with Gasteiger partial charge in [0.25, 0.3) is 0 Å². The molecule has 0 saturated carbocycles. The zero-order valence-corrected chi connectivity index (χ0v) is 10.5. The summed E-state index contributed by atoms with van der Waals surface area (Å²) in [6, 6.07) is 8.65. The first-order valence-electron chi connectivity index (χ1n) is 5.91. The second-order valence-corrected chi connectivity index (χ2v) is 4.98. The smallest absolute Gasteiger partial charge is 0.0450 e. The Morgan fingerprint density at radius 2 is 2.25 bits per heavy atom. The predicted molar refractivity (Wildman–Crippen MR) is 68.8 cm³/mol. The normalized spacial score (nSPS) is 22.2. The fourth-order valence-corrected chi connectivity index (χ4v) is 2.43. The SMILES string of the molecule is CN1CCCC(NCc2ccccc2Cl)C1. The van der Waals surface area contributed by atoms with Crippen molar-refractivity contribution in [3.8, 4) is 0 Å². The van der Waals surface area contributed by atoms with Crippen LogP contribution in [0.25, 0.3) is 0 Å². The standard InChI is InChI=1S/C13H19ClN2/c1-16-8-4-6-12(10-16)15-9-11-5-2-3-7-13(11)14/h2-3,5,7,12,15H,4,6,8-10H2,1H3. The molecule has 0 spiro atoms. The fraction of sp³-hybridized carbons (Fsp3) is 0.538. The van der Waals surface area contributed by atoms with Gasteiger partial charge in [0, 0.05) is 24.2 Å². The molecule has 1 aliphatic heterocycles. The number of hydrogen-bond donors (Lipinski definition) is 1. The van der Waals surface area contributed by atoms with Crippen LogP contribution in [-0.2, 0) is 6.54 Å². The Labute approximate surface area is 103 Å². The van der Waals surface area contributed by atoms with E-state index in [4.69, 9.17) is 11.6 Å². The molecule has 2 rings (SSSR count). The second-order valence-electron chi connectivity index (χ2n) is 4.57. The van der Waals surface area contributed by atoms with Crippen molar-refractivity contribution in [3.63, 3.8) is 0 Å².